The van der Waals surface area contributed by atoms with Gasteiger partial charge in [0.1, 0.15) is 18.3 Å². The summed E-state index contributed by atoms with van der Waals surface area (Å²) in [7, 11) is 1.57. The number of aliphatic hydroxyl groups is 1. The summed E-state index contributed by atoms with van der Waals surface area (Å²) < 4.78 is 23.3. The average Bonchev–Trinajstić information content (AvgIpc) is 2.69. The van der Waals surface area contributed by atoms with Crippen molar-refractivity contribution in [3.8, 4) is 0 Å². The minimum absolute atomic E-state index is 0.386. The van der Waals surface area contributed by atoms with Gasteiger partial charge in [-0.2, -0.15) is 0 Å². The molecule has 1 N–H and O–H groups in total. The van der Waals surface area contributed by atoms with Gasteiger partial charge in [0.2, 0.25) is 0 Å². The highest BCUT2D eigenvalue weighted by molar-refractivity contribution is 5.14. The first-order chi connectivity index (χ1) is 12.7. The SMILES string of the molecule is CO[C@H]1O[C@H](C)[C@@H](O)[C@H](OCc2ccccc2)[C@H]1OCc1ccccc1. The van der Waals surface area contributed by atoms with E-state index in [0.717, 1.165) is 11.1 Å². The molecule has 1 aliphatic heterocycles. The molecule has 1 fully saturated rings. The van der Waals surface area contributed by atoms with Crippen LogP contribution >= 0.6 is 0 Å². The van der Waals surface area contributed by atoms with Crippen LogP contribution in [0.15, 0.2) is 60.7 Å². The molecule has 5 nitrogen and oxygen atoms in total. The van der Waals surface area contributed by atoms with Crippen LogP contribution in [0.4, 0.5) is 0 Å². The molecule has 2 aromatic carbocycles. The second-order valence-corrected chi connectivity index (χ2v) is 6.46. The summed E-state index contributed by atoms with van der Waals surface area (Å²) >= 11 is 0. The molecule has 26 heavy (non-hydrogen) atoms. The van der Waals surface area contributed by atoms with E-state index in [9.17, 15) is 5.11 Å². The first-order valence-corrected chi connectivity index (χ1v) is 8.86. The van der Waals surface area contributed by atoms with Gasteiger partial charge in [0.15, 0.2) is 6.29 Å². The van der Waals surface area contributed by atoms with Gasteiger partial charge < -0.3 is 24.1 Å². The van der Waals surface area contributed by atoms with Crippen molar-refractivity contribution in [3.05, 3.63) is 71.8 Å². The summed E-state index contributed by atoms with van der Waals surface area (Å²) in [6.45, 7) is 2.58. The quantitative estimate of drug-likeness (QED) is 0.825. The van der Waals surface area contributed by atoms with Crippen molar-refractivity contribution in [2.24, 2.45) is 0 Å². The Labute approximate surface area is 154 Å². The van der Waals surface area contributed by atoms with Crippen molar-refractivity contribution in [1.82, 2.24) is 0 Å². The third-order valence-electron chi connectivity index (χ3n) is 4.56. The van der Waals surface area contributed by atoms with Crippen molar-refractivity contribution in [1.29, 1.82) is 0 Å². The van der Waals surface area contributed by atoms with Gasteiger partial charge in [-0.15, -0.1) is 0 Å². The van der Waals surface area contributed by atoms with Crippen LogP contribution in [0.5, 0.6) is 0 Å². The lowest BCUT2D eigenvalue weighted by atomic mass is 9.99. The van der Waals surface area contributed by atoms with Gasteiger partial charge in [0, 0.05) is 7.11 Å². The minimum atomic E-state index is -0.800. The maximum atomic E-state index is 10.6. The predicted molar refractivity (Wildman–Crippen MR) is 97.4 cm³/mol. The molecule has 0 bridgehead atoms. The summed E-state index contributed by atoms with van der Waals surface area (Å²) in [5.74, 6) is 0. The molecule has 1 heterocycles. The lowest BCUT2D eigenvalue weighted by Gasteiger charge is -2.42. The summed E-state index contributed by atoms with van der Waals surface area (Å²) in [4.78, 5) is 0. The number of hydrogen-bond donors (Lipinski definition) is 1. The van der Waals surface area contributed by atoms with E-state index < -0.39 is 30.7 Å². The van der Waals surface area contributed by atoms with E-state index in [-0.39, 0.29) is 0 Å². The molecule has 0 amide bonds. The zero-order valence-electron chi connectivity index (χ0n) is 15.2. The van der Waals surface area contributed by atoms with Gasteiger partial charge in [0.25, 0.3) is 0 Å². The molecule has 140 valence electrons. The molecule has 0 aliphatic carbocycles. The third-order valence-corrected chi connectivity index (χ3v) is 4.56. The Kier molecular flexibility index (Phi) is 6.77. The van der Waals surface area contributed by atoms with Crippen molar-refractivity contribution in [3.63, 3.8) is 0 Å². The van der Waals surface area contributed by atoms with Crippen molar-refractivity contribution in [2.45, 2.75) is 50.8 Å². The normalized spacial score (nSPS) is 28.8. The Balaban J connectivity index is 1.71. The van der Waals surface area contributed by atoms with E-state index in [1.54, 1.807) is 7.11 Å². The van der Waals surface area contributed by atoms with E-state index in [0.29, 0.717) is 13.2 Å². The van der Waals surface area contributed by atoms with Crippen LogP contribution < -0.4 is 0 Å². The maximum absolute atomic E-state index is 10.6. The summed E-state index contributed by atoms with van der Waals surface area (Å²) in [6, 6.07) is 19.7. The Morgan fingerprint density at radius 2 is 1.35 bits per heavy atom. The summed E-state index contributed by atoms with van der Waals surface area (Å²) in [5, 5.41) is 10.6. The predicted octanol–water partition coefficient (Wildman–Crippen LogP) is 2.91. The van der Waals surface area contributed by atoms with Crippen molar-refractivity contribution in [2.75, 3.05) is 7.11 Å². The van der Waals surface area contributed by atoms with Crippen LogP contribution in [0, 0.1) is 0 Å². The molecule has 0 unspecified atom stereocenters. The molecule has 0 aromatic heterocycles. The van der Waals surface area contributed by atoms with Crippen LogP contribution in [0.25, 0.3) is 0 Å². The number of rotatable bonds is 7. The second kappa shape index (κ2) is 9.26. The zero-order chi connectivity index (χ0) is 18.4. The molecule has 0 radical (unpaired) electrons. The molecular weight excluding hydrogens is 332 g/mol. The van der Waals surface area contributed by atoms with E-state index >= 15 is 0 Å². The Bertz CT molecular complexity index is 604. The molecule has 0 saturated carbocycles. The number of aliphatic hydroxyl groups excluding tert-OH is 1. The fourth-order valence-corrected chi connectivity index (χ4v) is 3.08. The Hall–Kier alpha value is -1.76. The summed E-state index contributed by atoms with van der Waals surface area (Å²) in [5.41, 5.74) is 2.08. The lowest BCUT2D eigenvalue weighted by molar-refractivity contribution is -0.307. The second-order valence-electron chi connectivity index (χ2n) is 6.46. The fraction of sp³-hybridized carbons (Fsp3) is 0.429. The smallest absolute Gasteiger partial charge is 0.186 e. The minimum Gasteiger partial charge on any atom is -0.388 e. The van der Waals surface area contributed by atoms with Gasteiger partial charge in [-0.3, -0.25) is 0 Å². The Morgan fingerprint density at radius 3 is 1.85 bits per heavy atom. The topological polar surface area (TPSA) is 57.2 Å². The number of methoxy groups -OCH3 is 1. The molecule has 1 aliphatic rings. The number of hydrogen-bond acceptors (Lipinski definition) is 5. The van der Waals surface area contributed by atoms with Crippen LogP contribution in [-0.4, -0.2) is 42.9 Å². The van der Waals surface area contributed by atoms with Gasteiger partial charge in [-0.1, -0.05) is 60.7 Å². The highest BCUT2D eigenvalue weighted by atomic mass is 16.7. The zero-order valence-corrected chi connectivity index (χ0v) is 15.2. The van der Waals surface area contributed by atoms with Gasteiger partial charge >= 0.3 is 0 Å². The molecule has 2 aromatic rings. The van der Waals surface area contributed by atoms with Crippen LogP contribution in [0.3, 0.4) is 0 Å². The maximum Gasteiger partial charge on any atom is 0.186 e. The highest BCUT2D eigenvalue weighted by Crippen LogP contribution is 2.27. The molecule has 0 spiro atoms. The first-order valence-electron chi connectivity index (χ1n) is 8.86. The number of benzene rings is 2. The van der Waals surface area contributed by atoms with E-state index in [4.69, 9.17) is 18.9 Å². The van der Waals surface area contributed by atoms with Gasteiger partial charge in [-0.25, -0.2) is 0 Å². The number of ether oxygens (including phenoxy) is 4. The van der Waals surface area contributed by atoms with Gasteiger partial charge in [0.05, 0.1) is 19.3 Å². The highest BCUT2D eigenvalue weighted by Gasteiger charge is 2.45. The standard InChI is InChI=1S/C21H26O5/c1-15-18(22)19(24-13-16-9-5-3-6-10-16)20(21(23-2)26-15)25-14-17-11-7-4-8-12-17/h3-12,15,18-22H,13-14H2,1-2H3/t15-,18-,19+,20-,21+/m1/s1. The molecule has 5 atom stereocenters. The first kappa shape index (κ1) is 19.0. The van der Waals surface area contributed by atoms with Crippen LogP contribution in [-0.2, 0) is 32.2 Å². The Morgan fingerprint density at radius 1 is 0.846 bits per heavy atom. The lowest BCUT2D eigenvalue weighted by Crippen LogP contribution is -2.59. The molecule has 5 heteroatoms. The average molecular weight is 358 g/mol. The van der Waals surface area contributed by atoms with E-state index in [1.165, 1.54) is 0 Å². The van der Waals surface area contributed by atoms with Crippen LogP contribution in [0.1, 0.15) is 18.1 Å². The third kappa shape index (κ3) is 4.69. The largest absolute Gasteiger partial charge is 0.388 e. The van der Waals surface area contributed by atoms with Gasteiger partial charge in [-0.05, 0) is 18.1 Å². The fourth-order valence-electron chi connectivity index (χ4n) is 3.08. The molecular formula is C21H26O5. The summed E-state index contributed by atoms with van der Waals surface area (Å²) in [6.07, 6.45) is -2.89. The van der Waals surface area contributed by atoms with E-state index in [1.807, 2.05) is 67.6 Å². The molecule has 1 saturated heterocycles. The molecule has 3 rings (SSSR count). The van der Waals surface area contributed by atoms with Crippen molar-refractivity contribution >= 4 is 0 Å². The monoisotopic (exact) mass is 358 g/mol. The van der Waals surface area contributed by atoms with Crippen LogP contribution in [0.2, 0.25) is 0 Å². The van der Waals surface area contributed by atoms with E-state index in [2.05, 4.69) is 0 Å². The van der Waals surface area contributed by atoms with Crippen molar-refractivity contribution < 1.29 is 24.1 Å².